The number of carbonyl (C=O) groups is 1. The summed E-state index contributed by atoms with van der Waals surface area (Å²) < 4.78 is 30.1. The van der Waals surface area contributed by atoms with Crippen LogP contribution >= 0.6 is 11.6 Å². The van der Waals surface area contributed by atoms with Crippen molar-refractivity contribution in [2.45, 2.75) is 20.1 Å². The molecule has 0 unspecified atom stereocenters. The van der Waals surface area contributed by atoms with Crippen LogP contribution in [0.3, 0.4) is 0 Å². The predicted molar refractivity (Wildman–Crippen MR) is 91.5 cm³/mol. The zero-order chi connectivity index (χ0) is 18.6. The number of aryl methyl sites for hydroxylation is 2. The Morgan fingerprint density at radius 2 is 2.04 bits per heavy atom. The highest BCUT2D eigenvalue weighted by molar-refractivity contribution is 6.31. The summed E-state index contributed by atoms with van der Waals surface area (Å²) in [6, 6.07) is 6.14. The number of halogens is 3. The van der Waals surface area contributed by atoms with Gasteiger partial charge in [-0.1, -0.05) is 23.7 Å². The number of likely N-dealkylation sites (N-methyl/N-ethyl adjacent to an activating group) is 1. The van der Waals surface area contributed by atoms with Gasteiger partial charge in [0.2, 0.25) is 5.91 Å². The normalized spacial score (nSPS) is 11.3. The summed E-state index contributed by atoms with van der Waals surface area (Å²) in [5, 5.41) is 4.63. The minimum Gasteiger partial charge on any atom is -0.435 e. The molecule has 0 saturated heterocycles. The molecular weight excluding hydrogens is 352 g/mol. The van der Waals surface area contributed by atoms with Gasteiger partial charge >= 0.3 is 6.61 Å². The minimum atomic E-state index is -2.86. The van der Waals surface area contributed by atoms with E-state index in [0.29, 0.717) is 17.3 Å². The molecular formula is C17H18ClF2N3O2. The number of ether oxygens (including phenoxy) is 1. The molecule has 1 aromatic carbocycles. The molecule has 0 radical (unpaired) electrons. The molecule has 8 heteroatoms. The van der Waals surface area contributed by atoms with E-state index in [4.69, 9.17) is 11.6 Å². The van der Waals surface area contributed by atoms with Gasteiger partial charge in [-0.05, 0) is 30.7 Å². The molecule has 0 bridgehead atoms. The number of amides is 1. The first-order valence-electron chi connectivity index (χ1n) is 7.44. The van der Waals surface area contributed by atoms with E-state index in [1.165, 1.54) is 27.8 Å². The van der Waals surface area contributed by atoms with Crippen molar-refractivity contribution in [2.24, 2.45) is 7.05 Å². The van der Waals surface area contributed by atoms with E-state index in [2.05, 4.69) is 9.84 Å². The molecule has 0 atom stereocenters. The Morgan fingerprint density at radius 1 is 1.40 bits per heavy atom. The lowest BCUT2D eigenvalue weighted by Crippen LogP contribution is -2.24. The molecule has 0 N–H and O–H groups in total. The molecule has 2 aromatic rings. The second-order valence-electron chi connectivity index (χ2n) is 5.46. The molecule has 0 spiro atoms. The lowest BCUT2D eigenvalue weighted by atomic mass is 10.2. The fourth-order valence-corrected chi connectivity index (χ4v) is 2.48. The van der Waals surface area contributed by atoms with Gasteiger partial charge in [-0.3, -0.25) is 9.48 Å². The van der Waals surface area contributed by atoms with Gasteiger partial charge in [0.05, 0.1) is 5.69 Å². The number of carbonyl (C=O) groups excluding carboxylic acids is 1. The van der Waals surface area contributed by atoms with Crippen molar-refractivity contribution in [1.82, 2.24) is 14.7 Å². The Balaban J connectivity index is 1.99. The summed E-state index contributed by atoms with van der Waals surface area (Å²) in [5.41, 5.74) is 2.22. The Kier molecular flexibility index (Phi) is 6.14. The fourth-order valence-electron chi connectivity index (χ4n) is 2.25. The summed E-state index contributed by atoms with van der Waals surface area (Å²) in [6.45, 7) is -0.719. The average Bonchev–Trinajstić information content (AvgIpc) is 2.79. The van der Waals surface area contributed by atoms with Gasteiger partial charge in [-0.2, -0.15) is 13.9 Å². The number of alkyl halides is 2. The highest BCUT2D eigenvalue weighted by Gasteiger charge is 2.11. The Labute approximate surface area is 149 Å². The maximum atomic E-state index is 12.2. The monoisotopic (exact) mass is 369 g/mol. The molecule has 0 aliphatic carbocycles. The standard InChI is InChI=1S/C17H18ClF2N3O2/c1-11-14(16(18)23(3)21-11)8-9-15(24)22(2)10-12-4-6-13(7-5-12)25-17(19)20/h4-9,17H,10H2,1-3H3/b9-8+. The first-order chi connectivity index (χ1) is 11.8. The van der Waals surface area contributed by atoms with E-state index in [-0.39, 0.29) is 11.7 Å². The molecule has 0 fully saturated rings. The second-order valence-corrected chi connectivity index (χ2v) is 5.82. The molecule has 1 aromatic heterocycles. The van der Waals surface area contributed by atoms with E-state index in [0.717, 1.165) is 11.3 Å². The largest absolute Gasteiger partial charge is 0.435 e. The van der Waals surface area contributed by atoms with Gasteiger partial charge < -0.3 is 9.64 Å². The van der Waals surface area contributed by atoms with Gasteiger partial charge in [-0.15, -0.1) is 0 Å². The number of rotatable bonds is 6. The van der Waals surface area contributed by atoms with E-state index in [1.54, 1.807) is 32.3 Å². The third kappa shape index (κ3) is 5.03. The summed E-state index contributed by atoms with van der Waals surface area (Å²) in [6.07, 6.45) is 3.05. The van der Waals surface area contributed by atoms with Crippen molar-refractivity contribution in [2.75, 3.05) is 7.05 Å². The van der Waals surface area contributed by atoms with Gasteiger partial charge in [0.1, 0.15) is 10.9 Å². The number of hydrogen-bond acceptors (Lipinski definition) is 3. The molecule has 0 saturated carbocycles. The molecule has 2 rings (SSSR count). The zero-order valence-corrected chi connectivity index (χ0v) is 14.8. The molecule has 25 heavy (non-hydrogen) atoms. The smallest absolute Gasteiger partial charge is 0.387 e. The van der Waals surface area contributed by atoms with Crippen LogP contribution < -0.4 is 4.74 Å². The first-order valence-corrected chi connectivity index (χ1v) is 7.81. The van der Waals surface area contributed by atoms with E-state index in [9.17, 15) is 13.6 Å². The Hall–Kier alpha value is -2.41. The van der Waals surface area contributed by atoms with E-state index < -0.39 is 6.61 Å². The van der Waals surface area contributed by atoms with Crippen molar-refractivity contribution < 1.29 is 18.3 Å². The van der Waals surface area contributed by atoms with E-state index in [1.807, 2.05) is 6.92 Å². The third-order valence-electron chi connectivity index (χ3n) is 3.53. The summed E-state index contributed by atoms with van der Waals surface area (Å²) in [5.74, 6) is -0.137. The van der Waals surface area contributed by atoms with Crippen molar-refractivity contribution in [3.05, 3.63) is 52.3 Å². The molecule has 0 aliphatic rings. The highest BCUT2D eigenvalue weighted by Crippen LogP contribution is 2.20. The molecule has 1 amide bonds. The number of nitrogens with zero attached hydrogens (tertiary/aromatic N) is 3. The van der Waals surface area contributed by atoms with Crippen LogP contribution in [0.4, 0.5) is 8.78 Å². The van der Waals surface area contributed by atoms with Gasteiger partial charge in [-0.25, -0.2) is 0 Å². The maximum Gasteiger partial charge on any atom is 0.387 e. The third-order valence-corrected chi connectivity index (χ3v) is 3.98. The number of benzene rings is 1. The molecule has 5 nitrogen and oxygen atoms in total. The topological polar surface area (TPSA) is 47.4 Å². The van der Waals surface area contributed by atoms with Crippen LogP contribution in [-0.4, -0.2) is 34.2 Å². The van der Waals surface area contributed by atoms with E-state index >= 15 is 0 Å². The minimum absolute atomic E-state index is 0.0781. The summed E-state index contributed by atoms with van der Waals surface area (Å²) in [7, 11) is 3.37. The van der Waals surface area contributed by atoms with Crippen LogP contribution in [0.5, 0.6) is 5.75 Å². The number of hydrogen-bond donors (Lipinski definition) is 0. The van der Waals surface area contributed by atoms with Crippen LogP contribution in [-0.2, 0) is 18.4 Å². The average molecular weight is 370 g/mol. The lowest BCUT2D eigenvalue weighted by molar-refractivity contribution is -0.125. The number of aromatic nitrogens is 2. The highest BCUT2D eigenvalue weighted by atomic mass is 35.5. The van der Waals surface area contributed by atoms with Gasteiger partial charge in [0.25, 0.3) is 0 Å². The SMILES string of the molecule is Cc1nn(C)c(Cl)c1/C=C/C(=O)N(C)Cc1ccc(OC(F)F)cc1. The van der Waals surface area contributed by atoms with Crippen LogP contribution in [0.25, 0.3) is 6.08 Å². The van der Waals surface area contributed by atoms with Crippen molar-refractivity contribution in [3.8, 4) is 5.75 Å². The fraction of sp³-hybridized carbons (Fsp3) is 0.294. The first kappa shape index (κ1) is 18.9. The maximum absolute atomic E-state index is 12.2. The van der Waals surface area contributed by atoms with Crippen LogP contribution in [0, 0.1) is 6.92 Å². The second kappa shape index (κ2) is 8.11. The summed E-state index contributed by atoms with van der Waals surface area (Å²) >= 11 is 6.12. The lowest BCUT2D eigenvalue weighted by Gasteiger charge is -2.15. The van der Waals surface area contributed by atoms with Gasteiger partial charge in [0.15, 0.2) is 0 Å². The Bertz CT molecular complexity index is 773. The van der Waals surface area contributed by atoms with Crippen LogP contribution in [0.2, 0.25) is 5.15 Å². The van der Waals surface area contributed by atoms with Crippen molar-refractivity contribution >= 4 is 23.6 Å². The molecule has 0 aliphatic heterocycles. The van der Waals surface area contributed by atoms with Crippen molar-refractivity contribution in [1.29, 1.82) is 0 Å². The Morgan fingerprint density at radius 3 is 2.56 bits per heavy atom. The van der Waals surface area contributed by atoms with Crippen molar-refractivity contribution in [3.63, 3.8) is 0 Å². The summed E-state index contributed by atoms with van der Waals surface area (Å²) in [4.78, 5) is 13.7. The predicted octanol–water partition coefficient (Wildman–Crippen LogP) is 3.66. The molecule has 134 valence electrons. The van der Waals surface area contributed by atoms with Crippen LogP contribution in [0.15, 0.2) is 30.3 Å². The van der Waals surface area contributed by atoms with Gasteiger partial charge in [0, 0.05) is 32.3 Å². The van der Waals surface area contributed by atoms with Crippen LogP contribution in [0.1, 0.15) is 16.8 Å². The zero-order valence-electron chi connectivity index (χ0n) is 14.0. The quantitative estimate of drug-likeness (QED) is 0.730. The molecule has 1 heterocycles.